The molecule has 0 radical (unpaired) electrons. The summed E-state index contributed by atoms with van der Waals surface area (Å²) in [5, 5.41) is 8.37. The molecule has 0 atom stereocenters. The number of aromatic nitrogens is 1. The number of alkyl halides is 3. The lowest BCUT2D eigenvalue weighted by atomic mass is 10.3. The van der Waals surface area contributed by atoms with E-state index in [4.69, 9.17) is 11.0 Å². The highest BCUT2D eigenvalue weighted by Gasteiger charge is 2.33. The zero-order valence-electron chi connectivity index (χ0n) is 7.05. The highest BCUT2D eigenvalue weighted by Crippen LogP contribution is 2.23. The van der Waals surface area contributed by atoms with Crippen molar-refractivity contribution in [1.29, 1.82) is 5.26 Å². The van der Waals surface area contributed by atoms with Crippen LogP contribution in [-0.4, -0.2) is 11.3 Å². The molecule has 0 amide bonds. The summed E-state index contributed by atoms with van der Waals surface area (Å²) in [5.41, 5.74) is 3.72. The number of nitriles is 1. The van der Waals surface area contributed by atoms with E-state index < -0.39 is 23.4 Å². The Balaban J connectivity index is 3.22. The van der Waals surface area contributed by atoms with Crippen LogP contribution in [0, 0.1) is 11.3 Å². The fourth-order valence-electron chi connectivity index (χ4n) is 0.849. The number of nitrogens with two attached hydrogens (primary N) is 1. The Labute approximate surface area is 80.9 Å². The molecule has 80 valence electrons. The van der Waals surface area contributed by atoms with Crippen molar-refractivity contribution in [3.05, 3.63) is 22.0 Å². The van der Waals surface area contributed by atoms with Crippen molar-refractivity contribution in [2.24, 2.45) is 0 Å². The Morgan fingerprint density at radius 2 is 2.13 bits per heavy atom. The lowest BCUT2D eigenvalue weighted by Crippen LogP contribution is -2.23. The number of nitrogens with one attached hydrogen (secondary N) is 1. The zero-order chi connectivity index (χ0) is 11.6. The molecule has 0 bridgehead atoms. The third kappa shape index (κ3) is 2.63. The summed E-state index contributed by atoms with van der Waals surface area (Å²) in [5.74, 6) is -1.71. The molecule has 0 unspecified atom stereocenters. The highest BCUT2D eigenvalue weighted by atomic mass is 19.4. The summed E-state index contributed by atoms with van der Waals surface area (Å²) >= 11 is 0. The second kappa shape index (κ2) is 3.53. The average Bonchev–Trinajstić information content (AvgIpc) is 2.09. The number of nitrogen functional groups attached to an aromatic ring is 1. The minimum atomic E-state index is -5.00. The van der Waals surface area contributed by atoms with E-state index in [0.29, 0.717) is 6.07 Å². The fraction of sp³-hybridized carbons (Fsp3) is 0.143. The third-order valence-electron chi connectivity index (χ3n) is 1.35. The van der Waals surface area contributed by atoms with E-state index >= 15 is 0 Å². The second-order valence-electron chi connectivity index (χ2n) is 2.45. The van der Waals surface area contributed by atoms with Gasteiger partial charge in [0.05, 0.1) is 0 Å². The van der Waals surface area contributed by atoms with Crippen LogP contribution in [0.15, 0.2) is 10.9 Å². The Hall–Kier alpha value is -2.17. The van der Waals surface area contributed by atoms with E-state index in [1.54, 1.807) is 0 Å². The molecular formula is C7H4F3N3O2. The maximum atomic E-state index is 11.8. The molecule has 0 aromatic carbocycles. The number of aromatic amines is 1. The van der Waals surface area contributed by atoms with Gasteiger partial charge in [-0.15, -0.1) is 13.2 Å². The minimum absolute atomic E-state index is 0.243. The molecule has 0 spiro atoms. The molecular weight excluding hydrogens is 215 g/mol. The molecule has 15 heavy (non-hydrogen) atoms. The zero-order valence-corrected chi connectivity index (χ0v) is 7.05. The minimum Gasteiger partial charge on any atom is -0.398 e. The first-order valence-electron chi connectivity index (χ1n) is 3.52. The third-order valence-corrected chi connectivity index (χ3v) is 1.35. The maximum Gasteiger partial charge on any atom is 0.573 e. The molecule has 0 saturated heterocycles. The molecule has 1 aromatic rings. The molecule has 1 aromatic heterocycles. The molecule has 0 aliphatic rings. The summed E-state index contributed by atoms with van der Waals surface area (Å²) in [6, 6.07) is 2.19. The highest BCUT2D eigenvalue weighted by molar-refractivity contribution is 5.48. The first-order chi connectivity index (χ1) is 6.83. The summed E-state index contributed by atoms with van der Waals surface area (Å²) in [4.78, 5) is 13.1. The predicted octanol–water partition coefficient (Wildman–Crippen LogP) is 0.727. The Morgan fingerprint density at radius 3 is 2.53 bits per heavy atom. The van der Waals surface area contributed by atoms with E-state index in [0.717, 1.165) is 0 Å². The Bertz CT molecular complexity index is 472. The van der Waals surface area contributed by atoms with Crippen LogP contribution in [-0.2, 0) is 0 Å². The maximum absolute atomic E-state index is 11.8. The Morgan fingerprint density at radius 1 is 1.53 bits per heavy atom. The molecule has 5 nitrogen and oxygen atoms in total. The van der Waals surface area contributed by atoms with Crippen molar-refractivity contribution in [1.82, 2.24) is 4.98 Å². The van der Waals surface area contributed by atoms with Crippen LogP contribution in [0.4, 0.5) is 19.0 Å². The number of ether oxygens (including phenoxy) is 1. The topological polar surface area (TPSA) is 91.9 Å². The van der Waals surface area contributed by atoms with Crippen molar-refractivity contribution in [2.45, 2.75) is 6.36 Å². The summed E-state index contributed by atoms with van der Waals surface area (Å²) in [6.45, 7) is 0. The average molecular weight is 219 g/mol. The molecule has 1 rings (SSSR count). The van der Waals surface area contributed by atoms with Gasteiger partial charge in [-0.05, 0) is 0 Å². The molecule has 0 aliphatic carbocycles. The van der Waals surface area contributed by atoms with Crippen molar-refractivity contribution in [3.8, 4) is 11.8 Å². The van der Waals surface area contributed by atoms with Crippen molar-refractivity contribution in [3.63, 3.8) is 0 Å². The van der Waals surface area contributed by atoms with Crippen LogP contribution < -0.4 is 15.9 Å². The molecule has 0 saturated carbocycles. The number of hydrogen-bond donors (Lipinski definition) is 2. The largest absolute Gasteiger partial charge is 0.573 e. The number of halogens is 3. The van der Waals surface area contributed by atoms with E-state index in [-0.39, 0.29) is 5.69 Å². The number of rotatable bonds is 1. The van der Waals surface area contributed by atoms with E-state index in [2.05, 4.69) is 9.72 Å². The summed E-state index contributed by atoms with van der Waals surface area (Å²) in [7, 11) is 0. The number of nitrogens with zero attached hydrogens (tertiary/aromatic N) is 1. The smallest absolute Gasteiger partial charge is 0.398 e. The van der Waals surface area contributed by atoms with Crippen LogP contribution in [0.1, 0.15) is 5.69 Å². The van der Waals surface area contributed by atoms with Gasteiger partial charge in [0.2, 0.25) is 11.2 Å². The monoisotopic (exact) mass is 219 g/mol. The molecule has 1 heterocycles. The van der Waals surface area contributed by atoms with Crippen LogP contribution in [0.3, 0.4) is 0 Å². The molecule has 8 heteroatoms. The van der Waals surface area contributed by atoms with Crippen molar-refractivity contribution < 1.29 is 17.9 Å². The van der Waals surface area contributed by atoms with Gasteiger partial charge in [0.25, 0.3) is 0 Å². The van der Waals surface area contributed by atoms with Gasteiger partial charge in [-0.3, -0.25) is 4.79 Å². The van der Waals surface area contributed by atoms with Gasteiger partial charge in [-0.2, -0.15) is 5.26 Å². The normalized spacial score (nSPS) is 10.8. The Kier molecular flexibility index (Phi) is 2.57. The van der Waals surface area contributed by atoms with Gasteiger partial charge in [0.15, 0.2) is 0 Å². The van der Waals surface area contributed by atoms with Gasteiger partial charge in [-0.25, -0.2) is 0 Å². The van der Waals surface area contributed by atoms with Gasteiger partial charge >= 0.3 is 6.36 Å². The van der Waals surface area contributed by atoms with Crippen LogP contribution in [0.25, 0.3) is 0 Å². The lowest BCUT2D eigenvalue weighted by molar-refractivity contribution is -0.274. The van der Waals surface area contributed by atoms with Crippen LogP contribution >= 0.6 is 0 Å². The number of pyridine rings is 1. The van der Waals surface area contributed by atoms with Gasteiger partial charge in [0, 0.05) is 6.07 Å². The number of H-pyrrole nitrogens is 1. The van der Waals surface area contributed by atoms with Crippen LogP contribution in [0.2, 0.25) is 0 Å². The van der Waals surface area contributed by atoms with Gasteiger partial charge in [-0.1, -0.05) is 0 Å². The number of anilines is 1. The van der Waals surface area contributed by atoms with Crippen LogP contribution in [0.5, 0.6) is 5.75 Å². The predicted molar refractivity (Wildman–Crippen MR) is 42.9 cm³/mol. The molecule has 0 fully saturated rings. The van der Waals surface area contributed by atoms with Crippen molar-refractivity contribution >= 4 is 5.82 Å². The first-order valence-corrected chi connectivity index (χ1v) is 3.52. The molecule has 0 aliphatic heterocycles. The van der Waals surface area contributed by atoms with E-state index in [9.17, 15) is 18.0 Å². The first kappa shape index (κ1) is 10.9. The quantitative estimate of drug-likeness (QED) is 0.728. The van der Waals surface area contributed by atoms with Gasteiger partial charge in [0.1, 0.15) is 17.6 Å². The SMILES string of the molecule is N#Cc1cc(=O)c(OC(F)(F)F)c(N)[nH]1. The second-order valence-corrected chi connectivity index (χ2v) is 2.45. The van der Waals surface area contributed by atoms with E-state index in [1.807, 2.05) is 0 Å². The summed E-state index contributed by atoms with van der Waals surface area (Å²) in [6.07, 6.45) is -5.00. The fourth-order valence-corrected chi connectivity index (χ4v) is 0.849. The summed E-state index contributed by atoms with van der Waals surface area (Å²) < 4.78 is 38.7. The van der Waals surface area contributed by atoms with Crippen molar-refractivity contribution in [2.75, 3.05) is 5.73 Å². The lowest BCUT2D eigenvalue weighted by Gasteiger charge is -2.09. The standard InChI is InChI=1S/C7H4F3N3O2/c8-7(9,10)15-5-4(14)1-3(2-11)13-6(5)12/h1H,(H3,12,13,14). The number of hydrogen-bond acceptors (Lipinski definition) is 4. The van der Waals surface area contributed by atoms with Gasteiger partial charge < -0.3 is 15.5 Å². The molecule has 3 N–H and O–H groups in total. The van der Waals surface area contributed by atoms with E-state index in [1.165, 1.54) is 6.07 Å².